The second-order valence-electron chi connectivity index (χ2n) is 13.7. The maximum atomic E-state index is 11.8. The highest BCUT2D eigenvalue weighted by Crippen LogP contribution is 2.65. The molecule has 0 unspecified atom stereocenters. The average molecular weight is 791 g/mol. The van der Waals surface area contributed by atoms with Gasteiger partial charge in [0.1, 0.15) is 5.75 Å². The SMILES string of the molecule is Cc1c(O)c(O)c2c(O)c(O)c(-c3c(O)c(O)c(O)c4c(-c5c6ccccc6c(-c6c(O)c(O)c(O)c(O)c6O)c6ccccc56)c(O)c(O)c(O)c34)c(O)c2c1C. The molecule has 0 aliphatic rings. The van der Waals surface area contributed by atoms with E-state index >= 15 is 0 Å². The van der Waals surface area contributed by atoms with Crippen LogP contribution in [0.1, 0.15) is 11.1 Å². The fourth-order valence-corrected chi connectivity index (χ4v) is 7.94. The van der Waals surface area contributed by atoms with Gasteiger partial charge in [-0.1, -0.05) is 48.5 Å². The average Bonchev–Trinajstić information content (AvgIpc) is 3.21. The molecule has 0 aliphatic heterocycles. The third-order valence-electron chi connectivity index (χ3n) is 10.8. The number of aryl methyl sites for hydroxylation is 1. The molecule has 0 aromatic heterocycles. The molecule has 8 aromatic rings. The van der Waals surface area contributed by atoms with Crippen LogP contribution in [-0.2, 0) is 0 Å². The van der Waals surface area contributed by atoms with Gasteiger partial charge < -0.3 is 81.7 Å². The van der Waals surface area contributed by atoms with Crippen molar-refractivity contribution >= 4 is 43.1 Å². The van der Waals surface area contributed by atoms with Crippen LogP contribution in [0, 0.1) is 13.8 Å². The summed E-state index contributed by atoms with van der Waals surface area (Å²) in [6.07, 6.45) is 0. The minimum absolute atomic E-state index is 0.0215. The number of rotatable bonds is 3. The van der Waals surface area contributed by atoms with Crippen LogP contribution in [0.2, 0.25) is 0 Å². The third kappa shape index (κ3) is 4.38. The van der Waals surface area contributed by atoms with Gasteiger partial charge in [-0.15, -0.1) is 0 Å². The molecule has 8 rings (SSSR count). The summed E-state index contributed by atoms with van der Waals surface area (Å²) in [5.41, 5.74) is -2.98. The Balaban J connectivity index is 1.63. The predicted octanol–water partition coefficient (Wildman–Crippen LogP) is 7.21. The number of phenolic OH excluding ortho intramolecular Hbond substituents is 16. The second kappa shape index (κ2) is 12.0. The highest BCUT2D eigenvalue weighted by Gasteiger charge is 2.36. The zero-order valence-corrected chi connectivity index (χ0v) is 29.8. The van der Waals surface area contributed by atoms with E-state index in [9.17, 15) is 81.7 Å². The molecule has 0 saturated heterocycles. The molecule has 294 valence electrons. The Bertz CT molecular complexity index is 3120. The van der Waals surface area contributed by atoms with Crippen molar-refractivity contribution in [2.75, 3.05) is 0 Å². The maximum Gasteiger partial charge on any atom is 0.208 e. The highest BCUT2D eigenvalue weighted by atomic mass is 16.4. The summed E-state index contributed by atoms with van der Waals surface area (Å²) >= 11 is 0. The fourth-order valence-electron chi connectivity index (χ4n) is 7.94. The molecule has 0 heterocycles. The maximum absolute atomic E-state index is 11.8. The lowest BCUT2D eigenvalue weighted by molar-refractivity contribution is 0.330. The van der Waals surface area contributed by atoms with Crippen LogP contribution in [-0.4, -0.2) is 81.7 Å². The first-order chi connectivity index (χ1) is 27.4. The van der Waals surface area contributed by atoms with Gasteiger partial charge in [0.2, 0.25) is 28.7 Å². The molecule has 58 heavy (non-hydrogen) atoms. The molecule has 0 atom stereocenters. The van der Waals surface area contributed by atoms with Crippen LogP contribution in [0.25, 0.3) is 76.5 Å². The Kier molecular flexibility index (Phi) is 7.60. The first-order valence-electron chi connectivity index (χ1n) is 17.0. The van der Waals surface area contributed by atoms with E-state index < -0.39 is 130 Å². The van der Waals surface area contributed by atoms with E-state index in [1.807, 2.05) is 0 Å². The van der Waals surface area contributed by atoms with Crippen molar-refractivity contribution in [1.29, 1.82) is 0 Å². The Hall–Kier alpha value is -8.40. The summed E-state index contributed by atoms with van der Waals surface area (Å²) in [5.74, 6) is -18.2. The molecule has 16 N–H and O–H groups in total. The first kappa shape index (κ1) is 36.6. The smallest absolute Gasteiger partial charge is 0.208 e. The normalized spacial score (nSPS) is 11.7. The molecule has 0 saturated carbocycles. The summed E-state index contributed by atoms with van der Waals surface area (Å²) in [6, 6.07) is 11.9. The van der Waals surface area contributed by atoms with Crippen LogP contribution in [0.5, 0.6) is 92.0 Å². The van der Waals surface area contributed by atoms with E-state index in [0.29, 0.717) is 0 Å². The number of benzene rings is 8. The highest BCUT2D eigenvalue weighted by molar-refractivity contribution is 6.28. The molecule has 0 amide bonds. The van der Waals surface area contributed by atoms with Crippen LogP contribution >= 0.6 is 0 Å². The van der Waals surface area contributed by atoms with Crippen LogP contribution in [0.15, 0.2) is 48.5 Å². The van der Waals surface area contributed by atoms with E-state index in [2.05, 4.69) is 0 Å². The lowest BCUT2D eigenvalue weighted by Crippen LogP contribution is -1.96. The zero-order chi connectivity index (χ0) is 42.1. The largest absolute Gasteiger partial charge is 0.506 e. The molecule has 8 aromatic carbocycles. The van der Waals surface area contributed by atoms with E-state index in [1.54, 1.807) is 0 Å². The quantitative estimate of drug-likeness (QED) is 0.0477. The van der Waals surface area contributed by atoms with E-state index in [0.717, 1.165) is 0 Å². The number of phenols is 16. The van der Waals surface area contributed by atoms with E-state index in [-0.39, 0.29) is 49.2 Å². The summed E-state index contributed by atoms with van der Waals surface area (Å²) in [7, 11) is 0. The van der Waals surface area contributed by atoms with Crippen molar-refractivity contribution in [1.82, 2.24) is 0 Å². The van der Waals surface area contributed by atoms with Crippen molar-refractivity contribution in [3.05, 3.63) is 59.7 Å². The third-order valence-corrected chi connectivity index (χ3v) is 10.8. The molecule has 0 spiro atoms. The molecule has 16 heteroatoms. The lowest BCUT2D eigenvalue weighted by atomic mass is 9.82. The Morgan fingerprint density at radius 2 is 0.500 bits per heavy atom. The van der Waals surface area contributed by atoms with Crippen molar-refractivity contribution in [2.45, 2.75) is 13.8 Å². The van der Waals surface area contributed by atoms with Crippen molar-refractivity contribution in [2.24, 2.45) is 0 Å². The van der Waals surface area contributed by atoms with Gasteiger partial charge in [0, 0.05) is 38.4 Å². The predicted molar refractivity (Wildman–Crippen MR) is 209 cm³/mol. The summed E-state index contributed by atoms with van der Waals surface area (Å²) in [6.45, 7) is 2.74. The van der Waals surface area contributed by atoms with Gasteiger partial charge in [-0.2, -0.15) is 0 Å². The Morgan fingerprint density at radius 3 is 0.931 bits per heavy atom. The molecule has 0 bridgehead atoms. The van der Waals surface area contributed by atoms with Gasteiger partial charge >= 0.3 is 0 Å². The van der Waals surface area contributed by atoms with Gasteiger partial charge in [-0.05, 0) is 46.5 Å². The molecule has 0 fully saturated rings. The minimum atomic E-state index is -1.34. The number of aromatic hydroxyl groups is 16. The molecular weight excluding hydrogens is 760 g/mol. The number of hydrogen-bond donors (Lipinski definition) is 16. The van der Waals surface area contributed by atoms with Gasteiger partial charge in [0.15, 0.2) is 57.5 Å². The second-order valence-corrected chi connectivity index (χ2v) is 13.7. The fraction of sp³-hybridized carbons (Fsp3) is 0.0476. The van der Waals surface area contributed by atoms with Crippen molar-refractivity contribution in [3.8, 4) is 125 Å². The summed E-state index contributed by atoms with van der Waals surface area (Å²) < 4.78 is 0. The lowest BCUT2D eigenvalue weighted by Gasteiger charge is -2.24. The molecule has 0 aliphatic carbocycles. The van der Waals surface area contributed by atoms with Gasteiger partial charge in [0.25, 0.3) is 0 Å². The Morgan fingerprint density at radius 1 is 0.224 bits per heavy atom. The van der Waals surface area contributed by atoms with Crippen LogP contribution in [0.4, 0.5) is 0 Å². The van der Waals surface area contributed by atoms with Gasteiger partial charge in [-0.3, -0.25) is 0 Å². The summed E-state index contributed by atoms with van der Waals surface area (Å²) in [4.78, 5) is 0. The van der Waals surface area contributed by atoms with Gasteiger partial charge in [-0.25, -0.2) is 0 Å². The number of fused-ring (bicyclic) bond motifs is 4. The molecule has 0 radical (unpaired) electrons. The van der Waals surface area contributed by atoms with Gasteiger partial charge in [0.05, 0.1) is 16.5 Å². The monoisotopic (exact) mass is 790 g/mol. The molecule has 16 nitrogen and oxygen atoms in total. The number of hydrogen-bond acceptors (Lipinski definition) is 16. The van der Waals surface area contributed by atoms with Crippen molar-refractivity contribution < 1.29 is 81.7 Å². The topological polar surface area (TPSA) is 324 Å². The van der Waals surface area contributed by atoms with Crippen molar-refractivity contribution in [3.63, 3.8) is 0 Å². The standard InChI is InChI=1S/C42H30O16/c1-11-12(2)27(43)33(49)24-17(11)28(44)26(35(51)34(24)50)23-22-21(30(46)39(55)32(23)48)20(29(45)38(54)31(22)47)18-13-7-3-5-9-15(13)19(16-10-6-4-8-14(16)18)25-36(52)40(56)42(58)41(57)37(25)53/h3-10,43-58H,1-2H3. The molecular formula is C42H30O16. The summed E-state index contributed by atoms with van der Waals surface area (Å²) in [5, 5.41) is 176. The Labute approximate surface area is 323 Å². The zero-order valence-electron chi connectivity index (χ0n) is 29.8. The van der Waals surface area contributed by atoms with Crippen LogP contribution < -0.4 is 0 Å². The minimum Gasteiger partial charge on any atom is -0.506 e. The van der Waals surface area contributed by atoms with E-state index in [4.69, 9.17) is 0 Å². The van der Waals surface area contributed by atoms with Crippen LogP contribution in [0.3, 0.4) is 0 Å². The first-order valence-corrected chi connectivity index (χ1v) is 17.0. The van der Waals surface area contributed by atoms with E-state index in [1.165, 1.54) is 62.4 Å².